The number of allylic oxidation sites excluding steroid dienone is 1. The molecule has 5 aromatic rings. The van der Waals surface area contributed by atoms with Crippen molar-refractivity contribution in [2.24, 2.45) is 7.05 Å². The van der Waals surface area contributed by atoms with Gasteiger partial charge in [-0.05, 0) is 36.8 Å². The summed E-state index contributed by atoms with van der Waals surface area (Å²) in [6.45, 7) is 4.02. The number of thioether (sulfide) groups is 1. The van der Waals surface area contributed by atoms with Crippen LogP contribution in [0, 0.1) is 0 Å². The molecule has 41 heavy (non-hydrogen) atoms. The molecule has 2 aliphatic heterocycles. The molecule has 0 radical (unpaired) electrons. The van der Waals surface area contributed by atoms with Gasteiger partial charge in [-0.1, -0.05) is 83.8 Å². The number of hydrogen-bond donors (Lipinski definition) is 0. The molecular weight excluding hydrogens is 567 g/mol. The molecular formula is C33H28N3O2S3+. The predicted molar refractivity (Wildman–Crippen MR) is 171 cm³/mol. The van der Waals surface area contributed by atoms with Gasteiger partial charge in [0.25, 0.3) is 10.6 Å². The Kier molecular flexibility index (Phi) is 6.90. The molecule has 5 nitrogen and oxygen atoms in total. The highest BCUT2D eigenvalue weighted by atomic mass is 32.2. The third kappa shape index (κ3) is 4.66. The average molecular weight is 595 g/mol. The van der Waals surface area contributed by atoms with E-state index >= 15 is 0 Å². The van der Waals surface area contributed by atoms with Gasteiger partial charge in [-0.3, -0.25) is 9.36 Å². The quantitative estimate of drug-likeness (QED) is 0.250. The van der Waals surface area contributed by atoms with Crippen LogP contribution in [0.4, 0.5) is 5.69 Å². The summed E-state index contributed by atoms with van der Waals surface area (Å²) in [6.07, 6.45) is 4.10. The maximum atomic E-state index is 13.6. The molecule has 3 aromatic carbocycles. The minimum atomic E-state index is 0.0175. The van der Waals surface area contributed by atoms with Crippen molar-refractivity contribution in [3.63, 3.8) is 0 Å². The SMILES string of the molecule is CCn1c(=Cc2sc(-c3ccccc3)c(-c3ccccc3)[n+]2C)sc(=CC2=C3Sc4ccccc4N3CCO2)c1=O. The van der Waals surface area contributed by atoms with E-state index in [9.17, 15) is 4.79 Å². The zero-order valence-electron chi connectivity index (χ0n) is 22.7. The normalized spacial score (nSPS) is 15.3. The molecule has 0 spiro atoms. The summed E-state index contributed by atoms with van der Waals surface area (Å²) in [5.41, 5.74) is 4.75. The van der Waals surface area contributed by atoms with Crippen molar-refractivity contribution in [2.75, 3.05) is 18.1 Å². The predicted octanol–water partition coefficient (Wildman–Crippen LogP) is 5.57. The molecule has 4 heterocycles. The molecule has 2 aliphatic rings. The lowest BCUT2D eigenvalue weighted by atomic mass is 10.1. The molecule has 0 saturated heterocycles. The van der Waals surface area contributed by atoms with Crippen molar-refractivity contribution < 1.29 is 9.30 Å². The van der Waals surface area contributed by atoms with E-state index in [2.05, 4.69) is 95.4 Å². The first kappa shape index (κ1) is 26.1. The van der Waals surface area contributed by atoms with Gasteiger partial charge in [0.2, 0.25) is 5.69 Å². The highest BCUT2D eigenvalue weighted by Gasteiger charge is 2.31. The Labute approximate surface area is 250 Å². The Morgan fingerprint density at radius 1 is 0.902 bits per heavy atom. The largest absolute Gasteiger partial charge is 0.489 e. The molecule has 2 aromatic heterocycles. The third-order valence-electron chi connectivity index (χ3n) is 7.32. The number of para-hydroxylation sites is 1. The van der Waals surface area contributed by atoms with E-state index in [0.717, 1.165) is 27.0 Å². The fourth-order valence-corrected chi connectivity index (χ4v) is 8.86. The standard InChI is InChI=1S/C33H28N3O2S3/c1-3-35-29(21-28-34(2)30(22-12-6-4-7-13-22)31(41-28)23-14-8-5-9-15-23)39-27(32(35)37)20-25-33-36(18-19-38-25)24-16-10-11-17-26(24)40-33/h4-17,20-21H,3,18-19H2,1-2H3/q+1. The summed E-state index contributed by atoms with van der Waals surface area (Å²) in [5, 5.41) is 2.14. The molecule has 8 heteroatoms. The number of rotatable bonds is 5. The van der Waals surface area contributed by atoms with Crippen LogP contribution in [0.1, 0.15) is 11.9 Å². The molecule has 204 valence electrons. The number of thiazole rings is 2. The first-order valence-electron chi connectivity index (χ1n) is 13.6. The molecule has 0 amide bonds. The lowest BCUT2D eigenvalue weighted by Gasteiger charge is -2.27. The van der Waals surface area contributed by atoms with E-state index in [1.54, 1.807) is 23.1 Å². The van der Waals surface area contributed by atoms with Gasteiger partial charge in [0.15, 0.2) is 5.76 Å². The average Bonchev–Trinajstić information content (AvgIpc) is 3.65. The zero-order chi connectivity index (χ0) is 27.9. The zero-order valence-corrected chi connectivity index (χ0v) is 25.2. The number of ether oxygens (including phenoxy) is 1. The summed E-state index contributed by atoms with van der Waals surface area (Å²) in [6, 6.07) is 29.4. The number of hydrogen-bond acceptors (Lipinski definition) is 6. The topological polar surface area (TPSA) is 38.4 Å². The number of anilines is 1. The molecule has 0 bridgehead atoms. The van der Waals surface area contributed by atoms with E-state index < -0.39 is 0 Å². The summed E-state index contributed by atoms with van der Waals surface area (Å²) in [4.78, 5) is 18.3. The maximum Gasteiger partial charge on any atom is 0.269 e. The third-order valence-corrected chi connectivity index (χ3v) is 10.8. The summed E-state index contributed by atoms with van der Waals surface area (Å²) in [5.74, 6) is 0.769. The van der Waals surface area contributed by atoms with Crippen LogP contribution in [0.15, 0.2) is 105 Å². The Hall–Kier alpha value is -3.85. The maximum absolute atomic E-state index is 13.6. The van der Waals surface area contributed by atoms with Gasteiger partial charge >= 0.3 is 0 Å². The van der Waals surface area contributed by atoms with E-state index in [1.807, 2.05) is 29.7 Å². The van der Waals surface area contributed by atoms with Gasteiger partial charge in [-0.2, -0.15) is 4.57 Å². The van der Waals surface area contributed by atoms with Gasteiger partial charge in [0, 0.05) is 23.1 Å². The number of fused-ring (bicyclic) bond motifs is 3. The second-order valence-corrected chi connectivity index (χ2v) is 12.9. The molecule has 0 N–H and O–H groups in total. The minimum absolute atomic E-state index is 0.0175. The van der Waals surface area contributed by atoms with Gasteiger partial charge < -0.3 is 9.64 Å². The van der Waals surface area contributed by atoms with E-state index in [1.165, 1.54) is 43.6 Å². The Balaban J connectivity index is 1.37. The summed E-state index contributed by atoms with van der Waals surface area (Å²) >= 11 is 4.98. The van der Waals surface area contributed by atoms with Crippen molar-refractivity contribution in [3.8, 4) is 21.7 Å². The lowest BCUT2D eigenvalue weighted by molar-refractivity contribution is -0.656. The molecule has 0 fully saturated rings. The van der Waals surface area contributed by atoms with Crippen LogP contribution in [0.25, 0.3) is 33.9 Å². The highest BCUT2D eigenvalue weighted by molar-refractivity contribution is 8.03. The van der Waals surface area contributed by atoms with Gasteiger partial charge in [-0.15, -0.1) is 11.3 Å². The van der Waals surface area contributed by atoms with Gasteiger partial charge in [-0.25, -0.2) is 0 Å². The highest BCUT2D eigenvalue weighted by Crippen LogP contribution is 2.48. The molecule has 0 unspecified atom stereocenters. The van der Waals surface area contributed by atoms with Crippen molar-refractivity contribution in [2.45, 2.75) is 18.4 Å². The first-order valence-corrected chi connectivity index (χ1v) is 16.1. The Bertz CT molecular complexity index is 1970. The van der Waals surface area contributed by atoms with Crippen molar-refractivity contribution in [1.82, 2.24) is 4.57 Å². The van der Waals surface area contributed by atoms with Crippen LogP contribution >= 0.6 is 34.4 Å². The fraction of sp³-hybridized carbons (Fsp3) is 0.152. The second kappa shape index (κ2) is 10.9. The van der Waals surface area contributed by atoms with Crippen LogP contribution < -0.4 is 24.2 Å². The molecule has 7 rings (SSSR count). The van der Waals surface area contributed by atoms with E-state index in [0.29, 0.717) is 17.7 Å². The van der Waals surface area contributed by atoms with E-state index in [4.69, 9.17) is 4.74 Å². The number of benzene rings is 3. The lowest BCUT2D eigenvalue weighted by Crippen LogP contribution is -2.34. The van der Waals surface area contributed by atoms with Crippen LogP contribution in [-0.4, -0.2) is 17.7 Å². The molecule has 0 saturated carbocycles. The Morgan fingerprint density at radius 2 is 1.61 bits per heavy atom. The Morgan fingerprint density at radius 3 is 2.37 bits per heavy atom. The van der Waals surface area contributed by atoms with Gasteiger partial charge in [0.05, 0.1) is 22.8 Å². The van der Waals surface area contributed by atoms with Crippen LogP contribution in [-0.2, 0) is 18.3 Å². The number of aromatic nitrogens is 2. The van der Waals surface area contributed by atoms with Crippen molar-refractivity contribution >= 4 is 52.3 Å². The van der Waals surface area contributed by atoms with Gasteiger partial charge in [0.1, 0.15) is 28.2 Å². The fourth-order valence-electron chi connectivity index (χ4n) is 5.34. The van der Waals surface area contributed by atoms with Crippen molar-refractivity contribution in [3.05, 3.63) is 120 Å². The summed E-state index contributed by atoms with van der Waals surface area (Å²) < 4.78 is 11.9. The van der Waals surface area contributed by atoms with Crippen LogP contribution in [0.3, 0.4) is 0 Å². The van der Waals surface area contributed by atoms with Crippen molar-refractivity contribution in [1.29, 1.82) is 0 Å². The molecule has 0 aliphatic carbocycles. The smallest absolute Gasteiger partial charge is 0.269 e. The minimum Gasteiger partial charge on any atom is -0.489 e. The first-order chi connectivity index (χ1) is 20.1. The van der Waals surface area contributed by atoms with Crippen LogP contribution in [0.2, 0.25) is 0 Å². The van der Waals surface area contributed by atoms with E-state index in [-0.39, 0.29) is 5.56 Å². The number of nitrogens with zero attached hydrogens (tertiary/aromatic N) is 3. The second-order valence-electron chi connectivity index (χ2n) is 9.79. The summed E-state index contributed by atoms with van der Waals surface area (Å²) in [7, 11) is 2.11. The molecule has 0 atom stereocenters. The van der Waals surface area contributed by atoms with Crippen LogP contribution in [0.5, 0.6) is 0 Å². The monoisotopic (exact) mass is 594 g/mol.